The van der Waals surface area contributed by atoms with Gasteiger partial charge in [0, 0.05) is 19.5 Å². The molecule has 0 radical (unpaired) electrons. The summed E-state index contributed by atoms with van der Waals surface area (Å²) in [6, 6.07) is 4.85. The fourth-order valence-corrected chi connectivity index (χ4v) is 2.51. The van der Waals surface area contributed by atoms with Crippen LogP contribution in [0.5, 0.6) is 5.75 Å². The molecule has 1 atom stereocenters. The van der Waals surface area contributed by atoms with Crippen LogP contribution in [0.1, 0.15) is 24.5 Å². The van der Waals surface area contributed by atoms with E-state index >= 15 is 0 Å². The molecule has 0 spiro atoms. The number of amides is 1. The predicted molar refractivity (Wildman–Crippen MR) is 60.0 cm³/mol. The number of hydrogen-bond acceptors (Lipinski definition) is 2. The van der Waals surface area contributed by atoms with E-state index in [1.165, 1.54) is 11.8 Å². The molecule has 18 heavy (non-hydrogen) atoms. The lowest BCUT2D eigenvalue weighted by Crippen LogP contribution is -2.34. The molecule has 1 saturated carbocycles. The number of benzene rings is 1. The van der Waals surface area contributed by atoms with Gasteiger partial charge in [-0.25, -0.2) is 8.78 Å². The first-order chi connectivity index (χ1) is 8.33. The first-order valence-corrected chi connectivity index (χ1v) is 5.81. The summed E-state index contributed by atoms with van der Waals surface area (Å²) in [6.07, 6.45) is -0.364. The second-order valence-electron chi connectivity index (χ2n) is 5.33. The summed E-state index contributed by atoms with van der Waals surface area (Å²) in [5, 5.41) is 9.35. The van der Waals surface area contributed by atoms with Crippen molar-refractivity contribution in [3.8, 4) is 5.75 Å². The van der Waals surface area contributed by atoms with E-state index in [0.717, 1.165) is 11.1 Å². The minimum Gasteiger partial charge on any atom is -0.508 e. The van der Waals surface area contributed by atoms with Gasteiger partial charge >= 0.3 is 0 Å². The van der Waals surface area contributed by atoms with E-state index < -0.39 is 17.2 Å². The lowest BCUT2D eigenvalue weighted by atomic mass is 10.1. The van der Waals surface area contributed by atoms with Crippen molar-refractivity contribution in [3.63, 3.8) is 0 Å². The van der Waals surface area contributed by atoms with Crippen LogP contribution in [-0.4, -0.2) is 21.8 Å². The Balaban J connectivity index is 1.81. The van der Waals surface area contributed by atoms with Crippen LogP contribution in [0.25, 0.3) is 0 Å². The molecule has 1 unspecified atom stereocenters. The summed E-state index contributed by atoms with van der Waals surface area (Å²) < 4.78 is 26.4. The van der Waals surface area contributed by atoms with Crippen molar-refractivity contribution in [2.75, 3.05) is 0 Å². The summed E-state index contributed by atoms with van der Waals surface area (Å²) >= 11 is 0. The Morgan fingerprint density at radius 1 is 1.33 bits per heavy atom. The van der Waals surface area contributed by atoms with Crippen LogP contribution < -0.4 is 0 Å². The number of fused-ring (bicyclic) bond motifs is 1. The average molecular weight is 253 g/mol. The van der Waals surface area contributed by atoms with Crippen LogP contribution in [0, 0.1) is 5.41 Å². The molecule has 3 rings (SSSR count). The minimum absolute atomic E-state index is 0.131. The molecule has 96 valence electrons. The van der Waals surface area contributed by atoms with E-state index in [1.54, 1.807) is 18.2 Å². The summed E-state index contributed by atoms with van der Waals surface area (Å²) in [6.45, 7) is 1.96. The third-order valence-electron chi connectivity index (χ3n) is 3.93. The largest absolute Gasteiger partial charge is 0.508 e. The first kappa shape index (κ1) is 11.4. The van der Waals surface area contributed by atoms with E-state index in [1.807, 2.05) is 0 Å². The molecule has 1 aromatic carbocycles. The molecule has 0 saturated heterocycles. The van der Waals surface area contributed by atoms with Crippen LogP contribution in [0.4, 0.5) is 8.78 Å². The Labute approximate surface area is 103 Å². The summed E-state index contributed by atoms with van der Waals surface area (Å²) in [7, 11) is 0. The molecular weight excluding hydrogens is 240 g/mol. The number of alkyl halides is 2. The van der Waals surface area contributed by atoms with Crippen LogP contribution in [0.3, 0.4) is 0 Å². The molecule has 1 heterocycles. The third-order valence-corrected chi connectivity index (χ3v) is 3.93. The molecule has 1 N–H and O–H groups in total. The van der Waals surface area contributed by atoms with Gasteiger partial charge in [-0.05, 0) is 30.2 Å². The van der Waals surface area contributed by atoms with Gasteiger partial charge in [0.1, 0.15) is 11.2 Å². The third kappa shape index (κ3) is 1.43. The fourth-order valence-electron chi connectivity index (χ4n) is 2.51. The standard InChI is InChI=1S/C13H13F2NO2/c1-12(7-13(12,14)15)11(18)16-5-8-2-3-10(17)4-9(8)6-16/h2-4,17H,5-7H2,1H3. The quantitative estimate of drug-likeness (QED) is 0.834. The Bertz CT molecular complexity index is 544. The zero-order valence-electron chi connectivity index (χ0n) is 9.91. The molecule has 0 aromatic heterocycles. The fraction of sp³-hybridized carbons (Fsp3) is 0.462. The van der Waals surface area contributed by atoms with Crippen LogP contribution in [-0.2, 0) is 17.9 Å². The van der Waals surface area contributed by atoms with Crippen molar-refractivity contribution in [2.45, 2.75) is 32.4 Å². The second kappa shape index (κ2) is 3.22. The normalized spacial score (nSPS) is 28.1. The SMILES string of the molecule is CC1(C(=O)N2Cc3ccc(O)cc3C2)CC1(F)F. The maximum absolute atomic E-state index is 13.2. The van der Waals surface area contributed by atoms with Crippen molar-refractivity contribution in [1.29, 1.82) is 0 Å². The van der Waals surface area contributed by atoms with E-state index in [-0.39, 0.29) is 12.2 Å². The number of carbonyl (C=O) groups is 1. The zero-order chi connectivity index (χ0) is 13.1. The highest BCUT2D eigenvalue weighted by Crippen LogP contribution is 2.61. The van der Waals surface area contributed by atoms with Gasteiger partial charge in [0.15, 0.2) is 0 Å². The molecule has 1 aliphatic carbocycles. The monoisotopic (exact) mass is 253 g/mol. The predicted octanol–water partition coefficient (Wildman–Crippen LogP) is 2.28. The summed E-state index contributed by atoms with van der Waals surface area (Å²) in [4.78, 5) is 13.5. The van der Waals surface area contributed by atoms with Crippen LogP contribution >= 0.6 is 0 Å². The Hall–Kier alpha value is -1.65. The number of aromatic hydroxyl groups is 1. The van der Waals surface area contributed by atoms with Gasteiger partial charge in [-0.2, -0.15) is 0 Å². The van der Waals surface area contributed by atoms with E-state index in [4.69, 9.17) is 0 Å². The maximum atomic E-state index is 13.2. The number of halogens is 2. The van der Waals surface area contributed by atoms with Gasteiger partial charge in [0.05, 0.1) is 0 Å². The lowest BCUT2D eigenvalue weighted by molar-refractivity contribution is -0.140. The molecule has 1 aliphatic heterocycles. The Morgan fingerprint density at radius 2 is 1.94 bits per heavy atom. The zero-order valence-corrected chi connectivity index (χ0v) is 9.91. The van der Waals surface area contributed by atoms with Crippen molar-refractivity contribution in [2.24, 2.45) is 5.41 Å². The first-order valence-electron chi connectivity index (χ1n) is 5.81. The molecule has 1 fully saturated rings. The van der Waals surface area contributed by atoms with Crippen molar-refractivity contribution >= 4 is 5.91 Å². The van der Waals surface area contributed by atoms with Gasteiger partial charge < -0.3 is 10.0 Å². The van der Waals surface area contributed by atoms with Crippen molar-refractivity contribution in [1.82, 2.24) is 4.90 Å². The molecule has 0 bridgehead atoms. The molecule has 1 amide bonds. The van der Waals surface area contributed by atoms with E-state index in [2.05, 4.69) is 0 Å². The molecule has 3 nitrogen and oxygen atoms in total. The highest BCUT2D eigenvalue weighted by atomic mass is 19.3. The van der Waals surface area contributed by atoms with Gasteiger partial charge in [-0.3, -0.25) is 4.79 Å². The topological polar surface area (TPSA) is 40.5 Å². The molecular formula is C13H13F2NO2. The minimum atomic E-state index is -2.87. The number of phenols is 1. The average Bonchev–Trinajstić information content (AvgIpc) is 2.68. The number of phenolic OH excluding ortho intramolecular Hbond substituents is 1. The van der Waals surface area contributed by atoms with Crippen LogP contribution in [0.2, 0.25) is 0 Å². The maximum Gasteiger partial charge on any atom is 0.263 e. The number of hydrogen-bond donors (Lipinski definition) is 1. The summed E-state index contributed by atoms with van der Waals surface area (Å²) in [5.41, 5.74) is 0.210. The lowest BCUT2D eigenvalue weighted by Gasteiger charge is -2.20. The van der Waals surface area contributed by atoms with Gasteiger partial charge in [-0.1, -0.05) is 6.07 Å². The second-order valence-corrected chi connectivity index (χ2v) is 5.33. The highest BCUT2D eigenvalue weighted by molar-refractivity contribution is 5.87. The smallest absolute Gasteiger partial charge is 0.263 e. The number of nitrogens with zero attached hydrogens (tertiary/aromatic N) is 1. The van der Waals surface area contributed by atoms with Gasteiger partial charge in [-0.15, -0.1) is 0 Å². The summed E-state index contributed by atoms with van der Waals surface area (Å²) in [5.74, 6) is -3.24. The van der Waals surface area contributed by atoms with Crippen LogP contribution in [0.15, 0.2) is 18.2 Å². The molecule has 5 heteroatoms. The van der Waals surface area contributed by atoms with Gasteiger partial charge in [0.25, 0.3) is 5.92 Å². The Morgan fingerprint density at radius 3 is 2.56 bits per heavy atom. The van der Waals surface area contributed by atoms with Crippen molar-refractivity contribution in [3.05, 3.63) is 29.3 Å². The number of carbonyl (C=O) groups excluding carboxylic acids is 1. The molecule has 2 aliphatic rings. The highest BCUT2D eigenvalue weighted by Gasteiger charge is 2.73. The molecule has 1 aromatic rings. The van der Waals surface area contributed by atoms with E-state index in [9.17, 15) is 18.7 Å². The van der Waals surface area contributed by atoms with Crippen molar-refractivity contribution < 1.29 is 18.7 Å². The van der Waals surface area contributed by atoms with Gasteiger partial charge in [0.2, 0.25) is 5.91 Å². The number of rotatable bonds is 1. The Kier molecular flexibility index (Phi) is 2.04. The van der Waals surface area contributed by atoms with E-state index in [0.29, 0.717) is 13.1 Å².